The molecule has 1 fully saturated rings. The maximum atomic E-state index is 9.48. The molecule has 0 spiro atoms. The zero-order valence-electron chi connectivity index (χ0n) is 13.1. The summed E-state index contributed by atoms with van der Waals surface area (Å²) in [5.41, 5.74) is 2.13. The summed E-state index contributed by atoms with van der Waals surface area (Å²) in [4.78, 5) is 8.99. The summed E-state index contributed by atoms with van der Waals surface area (Å²) >= 11 is 1.67. The molecule has 0 amide bonds. The van der Waals surface area contributed by atoms with E-state index >= 15 is 0 Å². The van der Waals surface area contributed by atoms with Crippen LogP contribution in [-0.2, 0) is 0 Å². The minimum Gasteiger partial charge on any atom is -0.367 e. The number of hydrogen-bond donors (Lipinski definition) is 0. The van der Waals surface area contributed by atoms with Gasteiger partial charge in [0.05, 0.1) is 11.2 Å². The number of benzene rings is 1. The molecule has 4 rings (SSSR count). The van der Waals surface area contributed by atoms with Crippen LogP contribution in [0.15, 0.2) is 35.8 Å². The van der Waals surface area contributed by atoms with Crippen molar-refractivity contribution in [3.05, 3.63) is 41.5 Å². The zero-order valence-corrected chi connectivity index (χ0v) is 13.9. The second-order valence-corrected chi connectivity index (χ2v) is 6.54. The van der Waals surface area contributed by atoms with E-state index < -0.39 is 0 Å². The van der Waals surface area contributed by atoms with Crippen molar-refractivity contribution in [3.8, 4) is 6.07 Å². The number of anilines is 2. The highest BCUT2D eigenvalue weighted by atomic mass is 32.1. The summed E-state index contributed by atoms with van der Waals surface area (Å²) in [5.74, 6) is 0. The minimum atomic E-state index is 0.399. The van der Waals surface area contributed by atoms with E-state index in [2.05, 4.69) is 31.1 Å². The first-order valence-electron chi connectivity index (χ1n) is 7.92. The Kier molecular flexibility index (Phi) is 3.97. The van der Waals surface area contributed by atoms with Crippen LogP contribution in [0.4, 0.5) is 10.8 Å². The van der Waals surface area contributed by atoms with E-state index in [9.17, 15) is 5.26 Å². The molecule has 120 valence electrons. The third-order valence-corrected chi connectivity index (χ3v) is 5.08. The fourth-order valence-corrected chi connectivity index (χ4v) is 3.84. The third kappa shape index (κ3) is 2.65. The van der Waals surface area contributed by atoms with E-state index in [1.165, 1.54) is 0 Å². The maximum absolute atomic E-state index is 9.48. The predicted octanol–water partition coefficient (Wildman–Crippen LogP) is 2.67. The molecule has 0 unspecified atom stereocenters. The highest BCUT2D eigenvalue weighted by molar-refractivity contribution is 7.13. The van der Waals surface area contributed by atoms with Gasteiger partial charge in [0, 0.05) is 43.1 Å². The standard InChI is InChI=1S/C17H16N6S/c18-12-15-16(13-4-1-2-5-14(13)20-21-15)22-7-3-8-23(10-9-22)17-19-6-11-24-17/h1-2,4-6,11H,3,7-10H2. The Morgan fingerprint density at radius 1 is 1.04 bits per heavy atom. The Balaban J connectivity index is 1.69. The zero-order chi connectivity index (χ0) is 16.4. The van der Waals surface area contributed by atoms with Crippen LogP contribution in [0.1, 0.15) is 12.1 Å². The predicted molar refractivity (Wildman–Crippen MR) is 95.4 cm³/mol. The molecule has 7 heteroatoms. The van der Waals surface area contributed by atoms with Crippen LogP contribution < -0.4 is 9.80 Å². The van der Waals surface area contributed by atoms with Crippen LogP contribution in [0, 0.1) is 11.3 Å². The monoisotopic (exact) mass is 336 g/mol. The van der Waals surface area contributed by atoms with Gasteiger partial charge in [-0.05, 0) is 12.5 Å². The first-order valence-corrected chi connectivity index (χ1v) is 8.79. The first-order chi connectivity index (χ1) is 11.9. The Hall–Kier alpha value is -2.72. The maximum Gasteiger partial charge on any atom is 0.187 e. The Bertz CT molecular complexity index is 886. The molecule has 0 saturated carbocycles. The van der Waals surface area contributed by atoms with Gasteiger partial charge in [-0.2, -0.15) is 5.26 Å². The number of aromatic nitrogens is 3. The van der Waals surface area contributed by atoms with Gasteiger partial charge < -0.3 is 9.80 Å². The van der Waals surface area contributed by atoms with E-state index in [4.69, 9.17) is 0 Å². The molecule has 1 aliphatic rings. The van der Waals surface area contributed by atoms with Gasteiger partial charge in [-0.1, -0.05) is 18.2 Å². The van der Waals surface area contributed by atoms with Crippen molar-refractivity contribution in [2.24, 2.45) is 0 Å². The molecular weight excluding hydrogens is 320 g/mol. The van der Waals surface area contributed by atoms with E-state index in [1.54, 1.807) is 11.3 Å². The van der Waals surface area contributed by atoms with Gasteiger partial charge in [-0.15, -0.1) is 21.5 Å². The molecule has 1 aromatic carbocycles. The van der Waals surface area contributed by atoms with Gasteiger partial charge in [0.1, 0.15) is 6.07 Å². The topological polar surface area (TPSA) is 68.9 Å². The average molecular weight is 336 g/mol. The Labute approximate surface area is 144 Å². The summed E-state index contributed by atoms with van der Waals surface area (Å²) < 4.78 is 0. The molecule has 1 aliphatic heterocycles. The van der Waals surface area contributed by atoms with Gasteiger partial charge in [0.2, 0.25) is 0 Å². The Morgan fingerprint density at radius 3 is 2.71 bits per heavy atom. The normalized spacial score (nSPS) is 15.3. The molecular formula is C17H16N6S. The van der Waals surface area contributed by atoms with Crippen LogP contribution in [0.5, 0.6) is 0 Å². The number of rotatable bonds is 2. The second kappa shape index (κ2) is 6.42. The molecule has 3 aromatic rings. The lowest BCUT2D eigenvalue weighted by Crippen LogP contribution is -2.31. The molecule has 0 N–H and O–H groups in total. The number of nitrogens with zero attached hydrogens (tertiary/aromatic N) is 6. The fraction of sp³-hybridized carbons (Fsp3) is 0.294. The minimum absolute atomic E-state index is 0.399. The largest absolute Gasteiger partial charge is 0.367 e. The van der Waals surface area contributed by atoms with E-state index in [1.807, 2.05) is 35.8 Å². The SMILES string of the molecule is N#Cc1nnc2ccccc2c1N1CCCN(c2nccs2)CC1. The van der Waals surface area contributed by atoms with E-state index in [0.29, 0.717) is 5.69 Å². The third-order valence-electron chi connectivity index (χ3n) is 4.25. The molecule has 0 bridgehead atoms. The number of fused-ring (bicyclic) bond motifs is 1. The van der Waals surface area contributed by atoms with Gasteiger partial charge in [-0.25, -0.2) is 4.98 Å². The first kappa shape index (κ1) is 14.8. The van der Waals surface area contributed by atoms with Crippen molar-refractivity contribution in [1.29, 1.82) is 5.26 Å². The quantitative estimate of drug-likeness (QED) is 0.717. The molecule has 2 aromatic heterocycles. The molecule has 24 heavy (non-hydrogen) atoms. The van der Waals surface area contributed by atoms with Crippen molar-refractivity contribution >= 4 is 33.1 Å². The summed E-state index contributed by atoms with van der Waals surface area (Å²) in [6.45, 7) is 3.59. The van der Waals surface area contributed by atoms with Crippen LogP contribution >= 0.6 is 11.3 Å². The second-order valence-electron chi connectivity index (χ2n) is 5.67. The lowest BCUT2D eigenvalue weighted by Gasteiger charge is -2.25. The molecule has 1 saturated heterocycles. The number of nitriles is 1. The number of thiazole rings is 1. The highest BCUT2D eigenvalue weighted by Crippen LogP contribution is 2.29. The summed E-state index contributed by atoms with van der Waals surface area (Å²) in [7, 11) is 0. The molecule has 3 heterocycles. The molecule has 0 aliphatic carbocycles. The average Bonchev–Trinajstić information content (AvgIpc) is 3.06. The van der Waals surface area contributed by atoms with Crippen molar-refractivity contribution < 1.29 is 0 Å². The van der Waals surface area contributed by atoms with E-state index in [-0.39, 0.29) is 0 Å². The van der Waals surface area contributed by atoms with Crippen LogP contribution in [0.2, 0.25) is 0 Å². The van der Waals surface area contributed by atoms with Crippen molar-refractivity contribution in [3.63, 3.8) is 0 Å². The lowest BCUT2D eigenvalue weighted by atomic mass is 10.1. The van der Waals surface area contributed by atoms with Gasteiger partial charge in [0.15, 0.2) is 10.8 Å². The highest BCUT2D eigenvalue weighted by Gasteiger charge is 2.21. The van der Waals surface area contributed by atoms with Gasteiger partial charge in [0.25, 0.3) is 0 Å². The molecule has 0 atom stereocenters. The van der Waals surface area contributed by atoms with Gasteiger partial charge >= 0.3 is 0 Å². The van der Waals surface area contributed by atoms with Crippen LogP contribution in [0.3, 0.4) is 0 Å². The lowest BCUT2D eigenvalue weighted by molar-refractivity contribution is 0.803. The fourth-order valence-electron chi connectivity index (χ4n) is 3.14. The molecule has 0 radical (unpaired) electrons. The van der Waals surface area contributed by atoms with E-state index in [0.717, 1.165) is 54.3 Å². The smallest absolute Gasteiger partial charge is 0.187 e. The Morgan fingerprint density at radius 2 is 1.88 bits per heavy atom. The van der Waals surface area contributed by atoms with Crippen LogP contribution in [-0.4, -0.2) is 41.4 Å². The number of hydrogen-bond acceptors (Lipinski definition) is 7. The van der Waals surface area contributed by atoms with Crippen molar-refractivity contribution in [1.82, 2.24) is 15.2 Å². The van der Waals surface area contributed by atoms with Gasteiger partial charge in [-0.3, -0.25) is 0 Å². The summed E-state index contributed by atoms with van der Waals surface area (Å²) in [6, 6.07) is 10.1. The van der Waals surface area contributed by atoms with Crippen LogP contribution in [0.25, 0.3) is 10.9 Å². The molecule has 6 nitrogen and oxygen atoms in total. The summed E-state index contributed by atoms with van der Waals surface area (Å²) in [6.07, 6.45) is 2.86. The summed E-state index contributed by atoms with van der Waals surface area (Å²) in [5, 5.41) is 21.8. The van der Waals surface area contributed by atoms with Crippen molar-refractivity contribution in [2.45, 2.75) is 6.42 Å². The van der Waals surface area contributed by atoms with Crippen molar-refractivity contribution in [2.75, 3.05) is 36.0 Å².